The second-order valence-corrected chi connectivity index (χ2v) is 5.02. The third-order valence-electron chi connectivity index (χ3n) is 3.37. The third kappa shape index (κ3) is 5.87. The van der Waals surface area contributed by atoms with Crippen molar-refractivity contribution in [3.05, 3.63) is 42.0 Å². The number of para-hydroxylation sites is 1. The zero-order chi connectivity index (χ0) is 14.9. The summed E-state index contributed by atoms with van der Waals surface area (Å²) in [6.45, 7) is 6.23. The van der Waals surface area contributed by atoms with Crippen molar-refractivity contribution in [2.45, 2.75) is 39.3 Å². The zero-order valence-corrected chi connectivity index (χ0v) is 15.7. The van der Waals surface area contributed by atoms with Gasteiger partial charge in [0.15, 0.2) is 5.96 Å². The van der Waals surface area contributed by atoms with Crippen LogP contribution in [0.4, 0.5) is 0 Å². The zero-order valence-electron chi connectivity index (χ0n) is 13.3. The lowest BCUT2D eigenvalue weighted by Crippen LogP contribution is -2.42. The summed E-state index contributed by atoms with van der Waals surface area (Å²) in [7, 11) is 0. The SMILES string of the molecule is CCNC(=NCc1ccccc1OCC)NC1CC=CC1.I. The minimum Gasteiger partial charge on any atom is -0.494 e. The van der Waals surface area contributed by atoms with Gasteiger partial charge in [0.25, 0.3) is 0 Å². The Bertz CT molecular complexity index is 494. The van der Waals surface area contributed by atoms with Gasteiger partial charge < -0.3 is 15.4 Å². The number of rotatable bonds is 6. The summed E-state index contributed by atoms with van der Waals surface area (Å²) in [5.41, 5.74) is 1.11. The molecule has 0 saturated heterocycles. The van der Waals surface area contributed by atoms with Gasteiger partial charge in [0.1, 0.15) is 5.75 Å². The summed E-state index contributed by atoms with van der Waals surface area (Å²) in [5, 5.41) is 6.78. The lowest BCUT2D eigenvalue weighted by molar-refractivity contribution is 0.336. The van der Waals surface area contributed by atoms with E-state index in [4.69, 9.17) is 4.74 Å². The van der Waals surface area contributed by atoms with Gasteiger partial charge >= 0.3 is 0 Å². The van der Waals surface area contributed by atoms with E-state index in [2.05, 4.69) is 40.8 Å². The molecule has 0 fully saturated rings. The first-order chi connectivity index (χ1) is 10.3. The number of aliphatic imine (C=N–C) groups is 1. The molecule has 122 valence electrons. The van der Waals surface area contributed by atoms with Crippen molar-refractivity contribution in [3.63, 3.8) is 0 Å². The summed E-state index contributed by atoms with van der Waals surface area (Å²) in [4.78, 5) is 4.68. The van der Waals surface area contributed by atoms with Crippen molar-refractivity contribution in [3.8, 4) is 5.75 Å². The standard InChI is InChI=1S/C17H25N3O.HI/c1-3-18-17(20-15-10-6-7-11-15)19-13-14-9-5-8-12-16(14)21-4-2;/h5-9,12,15H,3-4,10-11,13H2,1-2H3,(H2,18,19,20);1H. The lowest BCUT2D eigenvalue weighted by Gasteiger charge is -2.17. The fourth-order valence-corrected chi connectivity index (χ4v) is 2.34. The smallest absolute Gasteiger partial charge is 0.191 e. The summed E-state index contributed by atoms with van der Waals surface area (Å²) in [6, 6.07) is 8.54. The van der Waals surface area contributed by atoms with E-state index in [9.17, 15) is 0 Å². The minimum atomic E-state index is 0. The monoisotopic (exact) mass is 415 g/mol. The second-order valence-electron chi connectivity index (χ2n) is 5.02. The Hall–Kier alpha value is -1.24. The molecule has 22 heavy (non-hydrogen) atoms. The molecule has 2 N–H and O–H groups in total. The molecule has 4 nitrogen and oxygen atoms in total. The Balaban J connectivity index is 0.00000242. The van der Waals surface area contributed by atoms with E-state index in [-0.39, 0.29) is 24.0 Å². The first-order valence-corrected chi connectivity index (χ1v) is 7.74. The summed E-state index contributed by atoms with van der Waals surface area (Å²) in [5.74, 6) is 1.79. The quantitative estimate of drug-likeness (QED) is 0.324. The van der Waals surface area contributed by atoms with Crippen LogP contribution < -0.4 is 15.4 Å². The predicted molar refractivity (Wildman–Crippen MR) is 103 cm³/mol. The highest BCUT2D eigenvalue weighted by molar-refractivity contribution is 14.0. The van der Waals surface area contributed by atoms with Crippen molar-refractivity contribution >= 4 is 29.9 Å². The maximum absolute atomic E-state index is 5.64. The third-order valence-corrected chi connectivity index (χ3v) is 3.37. The molecule has 1 aromatic rings. The maximum atomic E-state index is 5.64. The molecule has 2 rings (SSSR count). The van der Waals surface area contributed by atoms with Crippen molar-refractivity contribution in [2.24, 2.45) is 4.99 Å². The molecule has 0 unspecified atom stereocenters. The van der Waals surface area contributed by atoms with Crippen LogP contribution in [-0.4, -0.2) is 25.2 Å². The van der Waals surface area contributed by atoms with E-state index >= 15 is 0 Å². The molecule has 1 aromatic carbocycles. The molecule has 1 aliphatic rings. The van der Waals surface area contributed by atoms with Crippen LogP contribution in [0.1, 0.15) is 32.3 Å². The highest BCUT2D eigenvalue weighted by Gasteiger charge is 2.11. The molecular weight excluding hydrogens is 389 g/mol. The van der Waals surface area contributed by atoms with Gasteiger partial charge in [-0.05, 0) is 32.8 Å². The fourth-order valence-electron chi connectivity index (χ4n) is 2.34. The Morgan fingerprint density at radius 1 is 1.23 bits per heavy atom. The number of hydrogen-bond acceptors (Lipinski definition) is 2. The minimum absolute atomic E-state index is 0. The van der Waals surface area contributed by atoms with Crippen molar-refractivity contribution in [2.75, 3.05) is 13.2 Å². The van der Waals surface area contributed by atoms with E-state index in [0.717, 1.165) is 36.7 Å². The number of guanidine groups is 1. The molecule has 0 aliphatic heterocycles. The average Bonchev–Trinajstić information content (AvgIpc) is 3.00. The number of nitrogens with one attached hydrogen (secondary N) is 2. The molecule has 0 heterocycles. The molecule has 0 atom stereocenters. The van der Waals surface area contributed by atoms with Crippen LogP contribution in [0.25, 0.3) is 0 Å². The number of halogens is 1. The lowest BCUT2D eigenvalue weighted by atomic mass is 10.2. The number of hydrogen-bond donors (Lipinski definition) is 2. The number of benzene rings is 1. The van der Waals surface area contributed by atoms with Gasteiger partial charge in [-0.25, -0.2) is 4.99 Å². The molecule has 0 aromatic heterocycles. The number of ether oxygens (including phenoxy) is 1. The highest BCUT2D eigenvalue weighted by atomic mass is 127. The van der Waals surface area contributed by atoms with Gasteiger partial charge in [-0.3, -0.25) is 0 Å². The van der Waals surface area contributed by atoms with Gasteiger partial charge in [-0.1, -0.05) is 30.4 Å². The largest absolute Gasteiger partial charge is 0.494 e. The van der Waals surface area contributed by atoms with E-state index in [0.29, 0.717) is 19.2 Å². The molecule has 0 spiro atoms. The van der Waals surface area contributed by atoms with Crippen LogP contribution in [0.15, 0.2) is 41.4 Å². The van der Waals surface area contributed by atoms with Crippen molar-refractivity contribution in [1.82, 2.24) is 10.6 Å². The van der Waals surface area contributed by atoms with E-state index in [1.807, 2.05) is 25.1 Å². The Morgan fingerprint density at radius 3 is 2.64 bits per heavy atom. The van der Waals surface area contributed by atoms with Crippen molar-refractivity contribution < 1.29 is 4.74 Å². The summed E-state index contributed by atoms with van der Waals surface area (Å²) < 4.78 is 5.64. The molecule has 5 heteroatoms. The van der Waals surface area contributed by atoms with Gasteiger partial charge in [0.05, 0.1) is 13.2 Å². The van der Waals surface area contributed by atoms with Crippen LogP contribution in [0.5, 0.6) is 5.75 Å². The first kappa shape index (κ1) is 18.8. The topological polar surface area (TPSA) is 45.7 Å². The maximum Gasteiger partial charge on any atom is 0.191 e. The molecule has 0 saturated carbocycles. The molecule has 0 bridgehead atoms. The van der Waals surface area contributed by atoms with E-state index in [1.54, 1.807) is 0 Å². The summed E-state index contributed by atoms with van der Waals surface area (Å²) in [6.07, 6.45) is 6.57. The average molecular weight is 415 g/mol. The predicted octanol–water partition coefficient (Wildman–Crippen LogP) is 3.48. The Morgan fingerprint density at radius 2 is 1.95 bits per heavy atom. The normalized spacial score (nSPS) is 14.5. The molecule has 0 radical (unpaired) electrons. The van der Waals surface area contributed by atoms with E-state index < -0.39 is 0 Å². The van der Waals surface area contributed by atoms with E-state index in [1.165, 1.54) is 0 Å². The van der Waals surface area contributed by atoms with Gasteiger partial charge in [-0.2, -0.15) is 0 Å². The van der Waals surface area contributed by atoms with Crippen LogP contribution in [0, 0.1) is 0 Å². The van der Waals surface area contributed by atoms with Gasteiger partial charge in [0, 0.05) is 18.2 Å². The van der Waals surface area contributed by atoms with Crippen LogP contribution >= 0.6 is 24.0 Å². The molecule has 1 aliphatic carbocycles. The van der Waals surface area contributed by atoms with Gasteiger partial charge in [-0.15, -0.1) is 24.0 Å². The van der Waals surface area contributed by atoms with Crippen molar-refractivity contribution in [1.29, 1.82) is 0 Å². The summed E-state index contributed by atoms with van der Waals surface area (Å²) >= 11 is 0. The highest BCUT2D eigenvalue weighted by Crippen LogP contribution is 2.18. The van der Waals surface area contributed by atoms with Crippen LogP contribution in [0.2, 0.25) is 0 Å². The Kier molecular flexibility index (Phi) is 8.96. The second kappa shape index (κ2) is 10.5. The van der Waals surface area contributed by atoms with Crippen LogP contribution in [0.3, 0.4) is 0 Å². The number of nitrogens with zero attached hydrogens (tertiary/aromatic N) is 1. The fraction of sp³-hybridized carbons (Fsp3) is 0.471. The van der Waals surface area contributed by atoms with Crippen LogP contribution in [-0.2, 0) is 6.54 Å². The first-order valence-electron chi connectivity index (χ1n) is 7.74. The Labute approximate surface area is 150 Å². The molecular formula is C17H26IN3O. The van der Waals surface area contributed by atoms with Gasteiger partial charge in [0.2, 0.25) is 0 Å². The molecule has 0 amide bonds.